The molecule has 96 valence electrons. The Hall–Kier alpha value is -0.920. The SMILES string of the molecule is ClCCCCCOc1ccc(Cl)c2ccccc12. The third-order valence-corrected chi connectivity index (χ3v) is 3.46. The summed E-state index contributed by atoms with van der Waals surface area (Å²) in [6.45, 7) is 0.725. The number of hydrogen-bond donors (Lipinski definition) is 0. The van der Waals surface area contributed by atoms with Crippen molar-refractivity contribution in [3.8, 4) is 5.75 Å². The highest BCUT2D eigenvalue weighted by Gasteiger charge is 2.04. The Morgan fingerprint density at radius 2 is 1.67 bits per heavy atom. The molecule has 3 heteroatoms. The summed E-state index contributed by atoms with van der Waals surface area (Å²) >= 11 is 11.8. The van der Waals surface area contributed by atoms with Crippen LogP contribution in [0.25, 0.3) is 10.8 Å². The van der Waals surface area contributed by atoms with E-state index in [1.165, 1.54) is 0 Å². The van der Waals surface area contributed by atoms with E-state index in [1.807, 2.05) is 36.4 Å². The van der Waals surface area contributed by atoms with Crippen LogP contribution in [0.4, 0.5) is 0 Å². The largest absolute Gasteiger partial charge is 0.493 e. The fourth-order valence-electron chi connectivity index (χ4n) is 1.92. The lowest BCUT2D eigenvalue weighted by Crippen LogP contribution is -1.98. The third kappa shape index (κ3) is 3.30. The summed E-state index contributed by atoms with van der Waals surface area (Å²) in [6, 6.07) is 11.9. The van der Waals surface area contributed by atoms with Gasteiger partial charge in [-0.3, -0.25) is 0 Å². The van der Waals surface area contributed by atoms with Gasteiger partial charge < -0.3 is 4.74 Å². The van der Waals surface area contributed by atoms with E-state index in [1.54, 1.807) is 0 Å². The zero-order valence-corrected chi connectivity index (χ0v) is 11.7. The van der Waals surface area contributed by atoms with Crippen molar-refractivity contribution in [1.82, 2.24) is 0 Å². The fourth-order valence-corrected chi connectivity index (χ4v) is 2.33. The van der Waals surface area contributed by atoms with Crippen molar-refractivity contribution >= 4 is 34.0 Å². The van der Waals surface area contributed by atoms with E-state index in [-0.39, 0.29) is 0 Å². The standard InChI is InChI=1S/C15H16Cl2O/c16-10-4-1-5-11-18-15-9-8-14(17)12-6-2-3-7-13(12)15/h2-3,6-9H,1,4-5,10-11H2. The normalized spacial score (nSPS) is 10.8. The molecule has 0 aliphatic rings. The summed E-state index contributed by atoms with van der Waals surface area (Å²) in [5.74, 6) is 1.63. The molecule has 0 atom stereocenters. The van der Waals surface area contributed by atoms with Crippen LogP contribution in [0.15, 0.2) is 36.4 Å². The highest BCUT2D eigenvalue weighted by Crippen LogP contribution is 2.31. The smallest absolute Gasteiger partial charge is 0.127 e. The molecule has 2 rings (SSSR count). The van der Waals surface area contributed by atoms with Crippen LogP contribution < -0.4 is 4.74 Å². The van der Waals surface area contributed by atoms with E-state index >= 15 is 0 Å². The van der Waals surface area contributed by atoms with E-state index in [9.17, 15) is 0 Å². The van der Waals surface area contributed by atoms with Crippen LogP contribution in [0.5, 0.6) is 5.75 Å². The van der Waals surface area contributed by atoms with Gasteiger partial charge in [-0.25, -0.2) is 0 Å². The molecular weight excluding hydrogens is 267 g/mol. The van der Waals surface area contributed by atoms with Gasteiger partial charge in [-0.1, -0.05) is 35.9 Å². The highest BCUT2D eigenvalue weighted by molar-refractivity contribution is 6.35. The molecule has 0 saturated heterocycles. The minimum absolute atomic E-state index is 0.725. The van der Waals surface area contributed by atoms with Gasteiger partial charge in [-0.05, 0) is 31.4 Å². The average Bonchev–Trinajstić information content (AvgIpc) is 2.41. The second-order valence-corrected chi connectivity index (χ2v) is 4.97. The van der Waals surface area contributed by atoms with Gasteiger partial charge in [0.05, 0.1) is 6.61 Å². The number of hydrogen-bond acceptors (Lipinski definition) is 1. The van der Waals surface area contributed by atoms with Crippen LogP contribution in [0.1, 0.15) is 19.3 Å². The Labute approximate surface area is 118 Å². The fraction of sp³-hybridized carbons (Fsp3) is 0.333. The molecule has 0 aromatic heterocycles. The average molecular weight is 283 g/mol. The van der Waals surface area contributed by atoms with Crippen molar-refractivity contribution in [3.63, 3.8) is 0 Å². The van der Waals surface area contributed by atoms with E-state index in [2.05, 4.69) is 0 Å². The molecule has 0 bridgehead atoms. The van der Waals surface area contributed by atoms with Gasteiger partial charge in [0.25, 0.3) is 0 Å². The minimum Gasteiger partial charge on any atom is -0.493 e. The van der Waals surface area contributed by atoms with Crippen LogP contribution in [0.2, 0.25) is 5.02 Å². The molecule has 0 radical (unpaired) electrons. The van der Waals surface area contributed by atoms with Crippen molar-refractivity contribution < 1.29 is 4.74 Å². The number of ether oxygens (including phenoxy) is 1. The van der Waals surface area contributed by atoms with Crippen molar-refractivity contribution in [2.24, 2.45) is 0 Å². The first-order valence-corrected chi connectivity index (χ1v) is 7.10. The molecule has 0 spiro atoms. The number of unbranched alkanes of at least 4 members (excludes halogenated alkanes) is 2. The zero-order valence-electron chi connectivity index (χ0n) is 10.2. The Morgan fingerprint density at radius 3 is 2.44 bits per heavy atom. The maximum absolute atomic E-state index is 6.16. The lowest BCUT2D eigenvalue weighted by Gasteiger charge is -2.10. The zero-order chi connectivity index (χ0) is 12.8. The molecular formula is C15H16Cl2O. The molecule has 0 fully saturated rings. The number of alkyl halides is 1. The Balaban J connectivity index is 2.07. The van der Waals surface area contributed by atoms with E-state index < -0.39 is 0 Å². The predicted molar refractivity (Wildman–Crippen MR) is 79.0 cm³/mol. The molecule has 2 aromatic rings. The molecule has 0 heterocycles. The van der Waals surface area contributed by atoms with E-state index in [0.29, 0.717) is 0 Å². The summed E-state index contributed by atoms with van der Waals surface area (Å²) < 4.78 is 5.82. The minimum atomic E-state index is 0.725. The van der Waals surface area contributed by atoms with Crippen molar-refractivity contribution in [2.45, 2.75) is 19.3 Å². The molecule has 2 aromatic carbocycles. The Bertz CT molecular complexity index is 511. The van der Waals surface area contributed by atoms with Gasteiger partial charge in [0.1, 0.15) is 5.75 Å². The Kier molecular flexibility index (Phi) is 5.15. The molecule has 0 aliphatic carbocycles. The maximum atomic E-state index is 6.16. The molecule has 1 nitrogen and oxygen atoms in total. The van der Waals surface area contributed by atoms with Crippen LogP contribution in [-0.2, 0) is 0 Å². The summed E-state index contributed by atoms with van der Waals surface area (Å²) in [5, 5.41) is 2.87. The lowest BCUT2D eigenvalue weighted by atomic mass is 10.1. The summed E-state index contributed by atoms with van der Waals surface area (Å²) in [4.78, 5) is 0. The van der Waals surface area contributed by atoms with Crippen LogP contribution in [0, 0.1) is 0 Å². The Morgan fingerprint density at radius 1 is 0.889 bits per heavy atom. The molecule has 0 unspecified atom stereocenters. The monoisotopic (exact) mass is 282 g/mol. The maximum Gasteiger partial charge on any atom is 0.127 e. The first-order valence-electron chi connectivity index (χ1n) is 6.19. The van der Waals surface area contributed by atoms with Gasteiger partial charge >= 0.3 is 0 Å². The summed E-state index contributed by atoms with van der Waals surface area (Å²) in [6.07, 6.45) is 3.19. The van der Waals surface area contributed by atoms with Gasteiger partial charge in [0.15, 0.2) is 0 Å². The van der Waals surface area contributed by atoms with Crippen molar-refractivity contribution in [3.05, 3.63) is 41.4 Å². The van der Waals surface area contributed by atoms with Gasteiger partial charge in [0.2, 0.25) is 0 Å². The molecule has 0 N–H and O–H groups in total. The first kappa shape index (κ1) is 13.5. The number of rotatable bonds is 6. The van der Waals surface area contributed by atoms with Crippen LogP contribution in [0.3, 0.4) is 0 Å². The second kappa shape index (κ2) is 6.86. The van der Waals surface area contributed by atoms with Crippen LogP contribution in [-0.4, -0.2) is 12.5 Å². The molecule has 0 aliphatic heterocycles. The molecule has 0 saturated carbocycles. The molecule has 0 amide bonds. The lowest BCUT2D eigenvalue weighted by molar-refractivity contribution is 0.310. The quantitative estimate of drug-likeness (QED) is 0.517. The number of benzene rings is 2. The second-order valence-electron chi connectivity index (χ2n) is 4.19. The van der Waals surface area contributed by atoms with E-state index in [4.69, 9.17) is 27.9 Å². The molecule has 18 heavy (non-hydrogen) atoms. The summed E-state index contributed by atoms with van der Waals surface area (Å²) in [7, 11) is 0. The van der Waals surface area contributed by atoms with Crippen LogP contribution >= 0.6 is 23.2 Å². The highest BCUT2D eigenvalue weighted by atomic mass is 35.5. The first-order chi connectivity index (χ1) is 8.83. The van der Waals surface area contributed by atoms with Gasteiger partial charge in [-0.15, -0.1) is 11.6 Å². The van der Waals surface area contributed by atoms with E-state index in [0.717, 1.165) is 53.3 Å². The van der Waals surface area contributed by atoms with Gasteiger partial charge in [0, 0.05) is 21.7 Å². The van der Waals surface area contributed by atoms with Crippen molar-refractivity contribution in [2.75, 3.05) is 12.5 Å². The van der Waals surface area contributed by atoms with Gasteiger partial charge in [-0.2, -0.15) is 0 Å². The summed E-state index contributed by atoms with van der Waals surface area (Å²) in [5.41, 5.74) is 0. The van der Waals surface area contributed by atoms with Crippen molar-refractivity contribution in [1.29, 1.82) is 0 Å². The topological polar surface area (TPSA) is 9.23 Å². The number of halogens is 2. The number of fused-ring (bicyclic) bond motifs is 1. The predicted octanol–water partition coefficient (Wildman–Crippen LogP) is 5.28. The third-order valence-electron chi connectivity index (χ3n) is 2.87.